The van der Waals surface area contributed by atoms with Gasteiger partial charge in [-0.2, -0.15) is 0 Å². The lowest BCUT2D eigenvalue weighted by atomic mass is 9.95. The molecule has 0 radical (unpaired) electrons. The molecule has 0 bridgehead atoms. The van der Waals surface area contributed by atoms with E-state index in [2.05, 4.69) is 20.8 Å². The summed E-state index contributed by atoms with van der Waals surface area (Å²) in [5, 5.41) is 0. The molecule has 2 nitrogen and oxygen atoms in total. The standard InChI is InChI=1S/C40H78O2/c1-5-8-11-14-16-18-20-21-22-23-24-25-27-29-31-33-36-39(38(4)40(41)42-37-34-13-10-7-3)35-32-30-28-26-19-17-15-12-9-6-2/h5-37H2,1-4H3. The van der Waals surface area contributed by atoms with Crippen LogP contribution in [0.15, 0.2) is 11.1 Å². The minimum absolute atomic E-state index is 0.0509. The van der Waals surface area contributed by atoms with Gasteiger partial charge in [0.15, 0.2) is 0 Å². The average molecular weight is 591 g/mol. The molecule has 0 spiro atoms. The number of carbonyl (C=O) groups excluding carboxylic acids is 1. The fourth-order valence-corrected chi connectivity index (χ4v) is 6.16. The van der Waals surface area contributed by atoms with E-state index in [0.717, 1.165) is 31.3 Å². The van der Waals surface area contributed by atoms with E-state index in [1.54, 1.807) is 0 Å². The van der Waals surface area contributed by atoms with Gasteiger partial charge >= 0.3 is 5.97 Å². The molecule has 42 heavy (non-hydrogen) atoms. The molecule has 0 aromatic carbocycles. The summed E-state index contributed by atoms with van der Waals surface area (Å²) >= 11 is 0. The lowest BCUT2D eigenvalue weighted by molar-refractivity contribution is -0.139. The van der Waals surface area contributed by atoms with E-state index in [4.69, 9.17) is 4.74 Å². The third-order valence-corrected chi connectivity index (χ3v) is 9.23. The largest absolute Gasteiger partial charge is 0.462 e. The van der Waals surface area contributed by atoms with Gasteiger partial charge in [0.2, 0.25) is 0 Å². The van der Waals surface area contributed by atoms with Gasteiger partial charge in [0.1, 0.15) is 0 Å². The van der Waals surface area contributed by atoms with Crippen LogP contribution in [-0.2, 0) is 9.53 Å². The third kappa shape index (κ3) is 29.3. The van der Waals surface area contributed by atoms with E-state index >= 15 is 0 Å². The summed E-state index contributed by atoms with van der Waals surface area (Å²) in [7, 11) is 0. The van der Waals surface area contributed by atoms with Gasteiger partial charge in [-0.25, -0.2) is 4.79 Å². The molecule has 2 heteroatoms. The van der Waals surface area contributed by atoms with Crippen LogP contribution in [-0.4, -0.2) is 12.6 Å². The number of rotatable bonds is 34. The Hall–Kier alpha value is -0.790. The molecule has 0 heterocycles. The van der Waals surface area contributed by atoms with Gasteiger partial charge in [-0.15, -0.1) is 0 Å². The first-order valence-electron chi connectivity index (χ1n) is 19.5. The molecule has 0 aromatic heterocycles. The van der Waals surface area contributed by atoms with Crippen molar-refractivity contribution in [2.24, 2.45) is 0 Å². The SMILES string of the molecule is CCCCCCCCCCCCCCCCCCC(CCCCCCCCCCCC)=C(C)C(=O)OCCCCCC. The van der Waals surface area contributed by atoms with Crippen LogP contribution in [0.2, 0.25) is 0 Å². The zero-order valence-corrected chi connectivity index (χ0v) is 29.7. The maximum atomic E-state index is 12.8. The summed E-state index contributed by atoms with van der Waals surface area (Å²) in [6.45, 7) is 9.43. The van der Waals surface area contributed by atoms with Crippen molar-refractivity contribution in [3.8, 4) is 0 Å². The Kier molecular flexibility index (Phi) is 34.0. The van der Waals surface area contributed by atoms with Gasteiger partial charge in [-0.1, -0.05) is 200 Å². The summed E-state index contributed by atoms with van der Waals surface area (Å²) < 4.78 is 5.67. The first-order chi connectivity index (χ1) is 20.7. The number of ether oxygens (including phenoxy) is 1. The maximum absolute atomic E-state index is 12.8. The Balaban J connectivity index is 4.13. The van der Waals surface area contributed by atoms with E-state index in [-0.39, 0.29) is 5.97 Å². The van der Waals surface area contributed by atoms with Crippen molar-refractivity contribution >= 4 is 5.97 Å². The van der Waals surface area contributed by atoms with Crippen LogP contribution in [0, 0.1) is 0 Å². The van der Waals surface area contributed by atoms with Gasteiger partial charge in [0.25, 0.3) is 0 Å². The molecule has 0 aromatic rings. The number of esters is 1. The van der Waals surface area contributed by atoms with Gasteiger partial charge in [0, 0.05) is 5.57 Å². The topological polar surface area (TPSA) is 26.3 Å². The van der Waals surface area contributed by atoms with Gasteiger partial charge in [-0.3, -0.25) is 0 Å². The van der Waals surface area contributed by atoms with Crippen LogP contribution < -0.4 is 0 Å². The van der Waals surface area contributed by atoms with Crippen LogP contribution in [0.1, 0.15) is 233 Å². The molecule has 0 atom stereocenters. The fourth-order valence-electron chi connectivity index (χ4n) is 6.16. The maximum Gasteiger partial charge on any atom is 0.333 e. The van der Waals surface area contributed by atoms with E-state index < -0.39 is 0 Å². The quantitative estimate of drug-likeness (QED) is 0.0423. The predicted octanol–water partition coefficient (Wildman–Crippen LogP) is 14.4. The number of hydrogen-bond acceptors (Lipinski definition) is 2. The third-order valence-electron chi connectivity index (χ3n) is 9.23. The Morgan fingerprint density at radius 2 is 0.643 bits per heavy atom. The summed E-state index contributed by atoms with van der Waals surface area (Å²) in [4.78, 5) is 12.8. The van der Waals surface area contributed by atoms with E-state index in [9.17, 15) is 4.79 Å². The van der Waals surface area contributed by atoms with Gasteiger partial charge < -0.3 is 4.74 Å². The molecule has 0 fully saturated rings. The molecule has 250 valence electrons. The number of allylic oxidation sites excluding steroid dienone is 1. The number of carbonyl (C=O) groups is 1. The second kappa shape index (κ2) is 34.7. The van der Waals surface area contributed by atoms with Crippen LogP contribution in [0.25, 0.3) is 0 Å². The lowest BCUT2D eigenvalue weighted by Crippen LogP contribution is -2.10. The Morgan fingerprint density at radius 3 is 0.952 bits per heavy atom. The fraction of sp³-hybridized carbons (Fsp3) is 0.925. The minimum atomic E-state index is -0.0509. The summed E-state index contributed by atoms with van der Waals surface area (Å²) in [6, 6.07) is 0. The van der Waals surface area contributed by atoms with Crippen molar-refractivity contribution < 1.29 is 9.53 Å². The zero-order valence-electron chi connectivity index (χ0n) is 29.7. The Morgan fingerprint density at radius 1 is 0.381 bits per heavy atom. The normalized spacial score (nSPS) is 12.1. The highest BCUT2D eigenvalue weighted by molar-refractivity contribution is 5.88. The van der Waals surface area contributed by atoms with E-state index in [0.29, 0.717) is 6.61 Å². The van der Waals surface area contributed by atoms with Crippen LogP contribution in [0.3, 0.4) is 0 Å². The van der Waals surface area contributed by atoms with Gasteiger partial charge in [0.05, 0.1) is 6.61 Å². The number of unbranched alkanes of at least 4 members (excludes halogenated alkanes) is 27. The van der Waals surface area contributed by atoms with Crippen molar-refractivity contribution in [1.82, 2.24) is 0 Å². The second-order valence-electron chi connectivity index (χ2n) is 13.4. The summed E-state index contributed by atoms with van der Waals surface area (Å²) in [5.41, 5.74) is 2.31. The zero-order chi connectivity index (χ0) is 30.8. The summed E-state index contributed by atoms with van der Waals surface area (Å²) in [5.74, 6) is -0.0509. The number of hydrogen-bond donors (Lipinski definition) is 0. The van der Waals surface area contributed by atoms with Crippen molar-refractivity contribution in [2.75, 3.05) is 6.61 Å². The second-order valence-corrected chi connectivity index (χ2v) is 13.4. The van der Waals surface area contributed by atoms with Crippen molar-refractivity contribution in [2.45, 2.75) is 233 Å². The lowest BCUT2D eigenvalue weighted by Gasteiger charge is -2.13. The molecular weight excluding hydrogens is 512 g/mol. The average Bonchev–Trinajstić information content (AvgIpc) is 3.00. The first kappa shape index (κ1) is 41.2. The van der Waals surface area contributed by atoms with Crippen molar-refractivity contribution in [3.05, 3.63) is 11.1 Å². The van der Waals surface area contributed by atoms with E-state index in [1.807, 2.05) is 6.92 Å². The Labute approximate surface area is 266 Å². The highest BCUT2D eigenvalue weighted by Crippen LogP contribution is 2.23. The van der Waals surface area contributed by atoms with E-state index in [1.165, 1.54) is 185 Å². The molecule has 0 saturated heterocycles. The molecule has 0 amide bonds. The first-order valence-corrected chi connectivity index (χ1v) is 19.5. The minimum Gasteiger partial charge on any atom is -0.462 e. The molecule has 0 aliphatic carbocycles. The van der Waals surface area contributed by atoms with Crippen molar-refractivity contribution in [1.29, 1.82) is 0 Å². The molecule has 0 rings (SSSR count). The van der Waals surface area contributed by atoms with Crippen LogP contribution in [0.4, 0.5) is 0 Å². The molecular formula is C40H78O2. The molecule has 0 saturated carbocycles. The van der Waals surface area contributed by atoms with Crippen molar-refractivity contribution in [3.63, 3.8) is 0 Å². The summed E-state index contributed by atoms with van der Waals surface area (Å²) in [6.07, 6.45) is 42.9. The monoisotopic (exact) mass is 591 g/mol. The molecule has 0 unspecified atom stereocenters. The Bertz CT molecular complexity index is 578. The molecule has 0 N–H and O–H groups in total. The van der Waals surface area contributed by atoms with Crippen LogP contribution in [0.5, 0.6) is 0 Å². The highest BCUT2D eigenvalue weighted by atomic mass is 16.5. The predicted molar refractivity (Wildman–Crippen MR) is 188 cm³/mol. The molecule has 0 aliphatic heterocycles. The molecule has 0 aliphatic rings. The highest BCUT2D eigenvalue weighted by Gasteiger charge is 2.12. The van der Waals surface area contributed by atoms with Gasteiger partial charge in [-0.05, 0) is 39.0 Å². The smallest absolute Gasteiger partial charge is 0.333 e. The van der Waals surface area contributed by atoms with Crippen LogP contribution >= 0.6 is 0 Å².